The van der Waals surface area contributed by atoms with Crippen molar-refractivity contribution in [1.82, 2.24) is 4.57 Å². The lowest BCUT2D eigenvalue weighted by Gasteiger charge is -2.30. The molecular weight excluding hydrogens is 460 g/mol. The highest BCUT2D eigenvalue weighted by Gasteiger charge is 2.38. The number of rotatable bonds is 6. The van der Waals surface area contributed by atoms with E-state index in [9.17, 15) is 0 Å². The third kappa shape index (κ3) is 3.55. The van der Waals surface area contributed by atoms with E-state index < -0.39 is 0 Å². The summed E-state index contributed by atoms with van der Waals surface area (Å²) in [4.78, 5) is 2.53. The van der Waals surface area contributed by atoms with Crippen molar-refractivity contribution in [1.29, 1.82) is 0 Å². The minimum absolute atomic E-state index is 0.274. The Balaban J connectivity index is 1.36. The van der Waals surface area contributed by atoms with Crippen molar-refractivity contribution in [2.75, 3.05) is 4.90 Å². The summed E-state index contributed by atoms with van der Waals surface area (Å²) < 4.78 is 2.49. The lowest BCUT2D eigenvalue weighted by atomic mass is 9.87. The molecule has 1 aliphatic heterocycles. The predicted octanol–water partition coefficient (Wildman–Crippen LogP) is 9.21. The number of benzene rings is 3. The summed E-state index contributed by atoms with van der Waals surface area (Å²) in [6.07, 6.45) is 17.5. The lowest BCUT2D eigenvalue weighted by Crippen LogP contribution is -2.29. The summed E-state index contributed by atoms with van der Waals surface area (Å²) in [5.74, 6) is 0.350. The van der Waals surface area contributed by atoms with E-state index in [1.54, 1.807) is 0 Å². The van der Waals surface area contributed by atoms with Gasteiger partial charge in [-0.15, -0.1) is 13.2 Å². The van der Waals surface area contributed by atoms with Crippen LogP contribution < -0.4 is 4.90 Å². The lowest BCUT2D eigenvalue weighted by molar-refractivity contribution is 0.736. The fourth-order valence-corrected chi connectivity index (χ4v) is 6.71. The molecule has 2 unspecified atom stereocenters. The molecule has 3 aliphatic rings. The maximum atomic E-state index is 3.97. The maximum absolute atomic E-state index is 3.97. The smallest absolute Gasteiger partial charge is 0.0629 e. The molecule has 2 heterocycles. The predicted molar refractivity (Wildman–Crippen MR) is 162 cm³/mol. The molecule has 7 rings (SSSR count). The monoisotopic (exact) mass is 492 g/mol. The van der Waals surface area contributed by atoms with Crippen LogP contribution in [0.15, 0.2) is 127 Å². The van der Waals surface area contributed by atoms with Crippen LogP contribution in [0.1, 0.15) is 42.0 Å². The zero-order valence-corrected chi connectivity index (χ0v) is 21.7. The first-order chi connectivity index (χ1) is 18.8. The Morgan fingerprint density at radius 1 is 0.842 bits per heavy atom. The molecule has 0 amide bonds. The molecule has 2 nitrogen and oxygen atoms in total. The van der Waals surface area contributed by atoms with Crippen LogP contribution in [-0.4, -0.2) is 10.6 Å². The Morgan fingerprint density at radius 3 is 2.55 bits per heavy atom. The highest BCUT2D eigenvalue weighted by Crippen LogP contribution is 2.49. The highest BCUT2D eigenvalue weighted by molar-refractivity contribution is 5.94. The Morgan fingerprint density at radius 2 is 1.66 bits per heavy atom. The number of anilines is 2. The number of fused-ring (bicyclic) bond motifs is 6. The van der Waals surface area contributed by atoms with Gasteiger partial charge in [0.1, 0.15) is 0 Å². The van der Waals surface area contributed by atoms with E-state index in [2.05, 4.69) is 120 Å². The molecule has 2 heteroatoms. The molecule has 0 saturated heterocycles. The standard InChI is InChI=1S/C36H32N2/c1-3-10-25-18-20-35-31(22-25)29-14-5-7-16-33(29)37(35)27-12-9-13-28(24-27)38-34-17-8-6-15-30(34)32-23-26(11-4-2)19-21-36(32)38/h3-9,12-18,20,22-24,31,35H,1-2,10-11,19,21H2. The number of allylic oxidation sites excluding steroid dienone is 5. The molecule has 4 aromatic rings. The topological polar surface area (TPSA) is 8.17 Å². The Hall–Kier alpha value is -4.30. The summed E-state index contributed by atoms with van der Waals surface area (Å²) in [5.41, 5.74) is 12.0. The minimum atomic E-state index is 0.274. The molecule has 0 radical (unpaired) electrons. The van der Waals surface area contributed by atoms with Gasteiger partial charge in [0.25, 0.3) is 0 Å². The van der Waals surface area contributed by atoms with Gasteiger partial charge >= 0.3 is 0 Å². The van der Waals surface area contributed by atoms with E-state index >= 15 is 0 Å². The van der Waals surface area contributed by atoms with Gasteiger partial charge in [-0.2, -0.15) is 0 Å². The summed E-state index contributed by atoms with van der Waals surface area (Å²) in [6.45, 7) is 7.92. The number of aromatic nitrogens is 1. The van der Waals surface area contributed by atoms with Crippen molar-refractivity contribution in [2.24, 2.45) is 0 Å². The van der Waals surface area contributed by atoms with Crippen molar-refractivity contribution in [3.63, 3.8) is 0 Å². The number of nitrogens with zero attached hydrogens (tertiary/aromatic N) is 2. The van der Waals surface area contributed by atoms with Gasteiger partial charge in [0.15, 0.2) is 0 Å². The van der Waals surface area contributed by atoms with E-state index in [4.69, 9.17) is 0 Å². The van der Waals surface area contributed by atoms with Crippen LogP contribution in [0, 0.1) is 0 Å². The number of para-hydroxylation sites is 2. The van der Waals surface area contributed by atoms with Crippen molar-refractivity contribution in [3.05, 3.63) is 144 Å². The second-order valence-electron chi connectivity index (χ2n) is 10.6. The molecule has 2 atom stereocenters. The maximum Gasteiger partial charge on any atom is 0.0629 e. The van der Waals surface area contributed by atoms with E-state index in [0.29, 0.717) is 5.92 Å². The average Bonchev–Trinajstić information content (AvgIpc) is 3.46. The van der Waals surface area contributed by atoms with Crippen molar-refractivity contribution >= 4 is 28.4 Å². The molecule has 38 heavy (non-hydrogen) atoms. The van der Waals surface area contributed by atoms with Crippen LogP contribution in [0.3, 0.4) is 0 Å². The fourth-order valence-electron chi connectivity index (χ4n) is 6.71. The summed E-state index contributed by atoms with van der Waals surface area (Å²) in [6, 6.07) is 27.1. The fraction of sp³-hybridized carbons (Fsp3) is 0.167. The number of hydrogen-bond acceptors (Lipinski definition) is 1. The number of hydrogen-bond donors (Lipinski definition) is 0. The van der Waals surface area contributed by atoms with Crippen LogP contribution >= 0.6 is 0 Å². The van der Waals surface area contributed by atoms with Crippen LogP contribution in [0.4, 0.5) is 11.4 Å². The summed E-state index contributed by atoms with van der Waals surface area (Å²) in [5, 5.41) is 1.33. The largest absolute Gasteiger partial charge is 0.333 e. The zero-order chi connectivity index (χ0) is 25.6. The molecule has 3 aromatic carbocycles. The third-order valence-electron chi connectivity index (χ3n) is 8.32. The molecule has 0 fully saturated rings. The van der Waals surface area contributed by atoms with Gasteiger partial charge in [0.2, 0.25) is 0 Å². The van der Waals surface area contributed by atoms with E-state index in [1.807, 2.05) is 12.2 Å². The second-order valence-corrected chi connectivity index (χ2v) is 10.6. The van der Waals surface area contributed by atoms with E-state index in [1.165, 1.54) is 55.9 Å². The Kier molecular flexibility index (Phi) is 5.55. The van der Waals surface area contributed by atoms with Crippen molar-refractivity contribution < 1.29 is 0 Å². The van der Waals surface area contributed by atoms with Crippen LogP contribution in [-0.2, 0) is 6.42 Å². The van der Waals surface area contributed by atoms with Gasteiger partial charge in [-0.1, -0.05) is 84.5 Å². The van der Waals surface area contributed by atoms with Gasteiger partial charge < -0.3 is 9.47 Å². The van der Waals surface area contributed by atoms with Crippen LogP contribution in [0.25, 0.3) is 22.7 Å². The molecule has 0 N–H and O–H groups in total. The first kappa shape index (κ1) is 22.9. The molecule has 0 bridgehead atoms. The molecule has 186 valence electrons. The molecule has 0 saturated carbocycles. The molecule has 2 aliphatic carbocycles. The van der Waals surface area contributed by atoms with Gasteiger partial charge in [0, 0.05) is 39.6 Å². The van der Waals surface area contributed by atoms with Gasteiger partial charge in [0.05, 0.1) is 11.6 Å². The third-order valence-corrected chi connectivity index (χ3v) is 8.32. The summed E-state index contributed by atoms with van der Waals surface area (Å²) in [7, 11) is 0. The minimum Gasteiger partial charge on any atom is -0.333 e. The first-order valence-corrected chi connectivity index (χ1v) is 13.7. The quantitative estimate of drug-likeness (QED) is 0.244. The Labute approximate surface area is 225 Å². The van der Waals surface area contributed by atoms with Crippen LogP contribution in [0.5, 0.6) is 0 Å². The van der Waals surface area contributed by atoms with Crippen molar-refractivity contribution in [2.45, 2.75) is 37.6 Å². The normalized spacial score (nSPS) is 19.4. The van der Waals surface area contributed by atoms with E-state index in [0.717, 1.165) is 25.7 Å². The van der Waals surface area contributed by atoms with Gasteiger partial charge in [-0.3, -0.25) is 0 Å². The van der Waals surface area contributed by atoms with Crippen molar-refractivity contribution in [3.8, 4) is 5.69 Å². The average molecular weight is 493 g/mol. The summed E-state index contributed by atoms with van der Waals surface area (Å²) >= 11 is 0. The van der Waals surface area contributed by atoms with Gasteiger partial charge in [-0.05, 0) is 67.2 Å². The zero-order valence-electron chi connectivity index (χ0n) is 21.7. The Bertz CT molecular complexity index is 1670. The first-order valence-electron chi connectivity index (χ1n) is 13.7. The van der Waals surface area contributed by atoms with Crippen LogP contribution in [0.2, 0.25) is 0 Å². The molecule has 0 spiro atoms. The highest BCUT2D eigenvalue weighted by atomic mass is 15.2. The SMILES string of the molecule is C=CCC1=CC2c3ccccc3N(c3cccc(-n4c5c(c6ccccc64)C=C(CC=C)CC5)c3)C2C=C1. The molecular formula is C36H32N2. The second kappa shape index (κ2) is 9.22. The molecule has 1 aromatic heterocycles. The van der Waals surface area contributed by atoms with Gasteiger partial charge in [-0.25, -0.2) is 0 Å². The van der Waals surface area contributed by atoms with E-state index in [-0.39, 0.29) is 6.04 Å².